The highest BCUT2D eigenvalue weighted by molar-refractivity contribution is 5.97. The molecule has 1 aliphatic carbocycles. The lowest BCUT2D eigenvalue weighted by molar-refractivity contribution is -0.124. The minimum atomic E-state index is -1.02. The molecule has 3 atom stereocenters. The Balaban J connectivity index is 2.23. The first-order chi connectivity index (χ1) is 10.4. The summed E-state index contributed by atoms with van der Waals surface area (Å²) in [5.74, 6) is -2.05. The highest BCUT2D eigenvalue weighted by Gasteiger charge is 2.41. The number of aliphatic hydroxyl groups is 1. The predicted octanol–water partition coefficient (Wildman–Crippen LogP) is 0.531. The van der Waals surface area contributed by atoms with Crippen molar-refractivity contribution in [3.63, 3.8) is 0 Å². The van der Waals surface area contributed by atoms with Gasteiger partial charge >= 0.3 is 0 Å². The van der Waals surface area contributed by atoms with Crippen LogP contribution in [0.15, 0.2) is 18.2 Å². The van der Waals surface area contributed by atoms with Gasteiger partial charge in [-0.15, -0.1) is 0 Å². The molecule has 0 heterocycles. The summed E-state index contributed by atoms with van der Waals surface area (Å²) < 4.78 is 18.5. The number of nitrogens with two attached hydrogens (primary N) is 1. The molecule has 1 saturated carbocycles. The molecule has 0 spiro atoms. The molecule has 22 heavy (non-hydrogen) atoms. The average Bonchev–Trinajstić information content (AvgIpc) is 2.87. The van der Waals surface area contributed by atoms with Gasteiger partial charge in [-0.2, -0.15) is 0 Å². The summed E-state index contributed by atoms with van der Waals surface area (Å²) in [5, 5.41) is 10.2. The van der Waals surface area contributed by atoms with Crippen molar-refractivity contribution in [2.24, 2.45) is 11.7 Å². The Morgan fingerprint density at radius 1 is 1.41 bits per heavy atom. The van der Waals surface area contributed by atoms with Crippen molar-refractivity contribution in [1.29, 1.82) is 0 Å². The smallest absolute Gasteiger partial charge is 0.257 e. The summed E-state index contributed by atoms with van der Waals surface area (Å²) in [7, 11) is 2.89. The molecule has 0 bridgehead atoms. The molecule has 7 heteroatoms. The first-order valence-corrected chi connectivity index (χ1v) is 6.95. The van der Waals surface area contributed by atoms with E-state index in [2.05, 4.69) is 0 Å². The molecule has 6 nitrogen and oxygen atoms in total. The zero-order valence-corrected chi connectivity index (χ0v) is 12.5. The quantitative estimate of drug-likeness (QED) is 0.848. The first kappa shape index (κ1) is 16.2. The Labute approximate surface area is 127 Å². The topological polar surface area (TPSA) is 92.9 Å². The third-order valence-corrected chi connectivity index (χ3v) is 4.16. The van der Waals surface area contributed by atoms with Gasteiger partial charge in [-0.25, -0.2) is 4.39 Å². The van der Waals surface area contributed by atoms with Gasteiger partial charge in [0, 0.05) is 7.05 Å². The monoisotopic (exact) mass is 310 g/mol. The van der Waals surface area contributed by atoms with Crippen LogP contribution >= 0.6 is 0 Å². The number of rotatable bonds is 4. The summed E-state index contributed by atoms with van der Waals surface area (Å²) in [6.07, 6.45) is -0.153. The molecule has 0 saturated heterocycles. The van der Waals surface area contributed by atoms with E-state index in [1.807, 2.05) is 0 Å². The minimum Gasteiger partial charge on any atom is -0.496 e. The Hall–Kier alpha value is -2.15. The zero-order valence-electron chi connectivity index (χ0n) is 12.5. The molecule has 0 radical (unpaired) electrons. The lowest BCUT2D eigenvalue weighted by atomic mass is 10.0. The number of carbonyl (C=O) groups is 2. The average molecular weight is 310 g/mol. The molecule has 0 aromatic heterocycles. The molecule has 2 rings (SSSR count). The van der Waals surface area contributed by atoms with Crippen LogP contribution in [0.25, 0.3) is 0 Å². The number of methoxy groups -OCH3 is 1. The van der Waals surface area contributed by atoms with E-state index in [1.165, 1.54) is 31.2 Å². The van der Waals surface area contributed by atoms with Crippen molar-refractivity contribution in [2.75, 3.05) is 14.2 Å². The second-order valence-electron chi connectivity index (χ2n) is 5.40. The molecule has 1 aliphatic rings. The van der Waals surface area contributed by atoms with Gasteiger partial charge in [-0.1, -0.05) is 0 Å². The number of amides is 2. The molecule has 2 amide bonds. The van der Waals surface area contributed by atoms with Gasteiger partial charge in [0.05, 0.1) is 30.7 Å². The van der Waals surface area contributed by atoms with E-state index >= 15 is 0 Å². The van der Waals surface area contributed by atoms with Crippen LogP contribution in [-0.4, -0.2) is 48.1 Å². The van der Waals surface area contributed by atoms with Crippen LogP contribution in [0, 0.1) is 11.7 Å². The molecule has 1 aromatic carbocycles. The van der Waals surface area contributed by atoms with Crippen LogP contribution in [0.1, 0.15) is 23.2 Å². The van der Waals surface area contributed by atoms with E-state index < -0.39 is 35.7 Å². The Morgan fingerprint density at radius 2 is 2.09 bits per heavy atom. The number of halogens is 1. The van der Waals surface area contributed by atoms with E-state index in [4.69, 9.17) is 10.5 Å². The number of hydrogen-bond donors (Lipinski definition) is 2. The maximum absolute atomic E-state index is 13.4. The second kappa shape index (κ2) is 6.31. The number of hydrogen-bond acceptors (Lipinski definition) is 4. The molecule has 3 N–H and O–H groups in total. The lowest BCUT2D eigenvalue weighted by Gasteiger charge is -2.28. The fourth-order valence-corrected chi connectivity index (χ4v) is 2.88. The van der Waals surface area contributed by atoms with Crippen molar-refractivity contribution in [3.05, 3.63) is 29.6 Å². The van der Waals surface area contributed by atoms with E-state index in [1.54, 1.807) is 0 Å². The summed E-state index contributed by atoms with van der Waals surface area (Å²) in [6, 6.07) is 3.11. The van der Waals surface area contributed by atoms with Crippen molar-refractivity contribution in [1.82, 2.24) is 4.90 Å². The van der Waals surface area contributed by atoms with Gasteiger partial charge in [0.15, 0.2) is 0 Å². The summed E-state index contributed by atoms with van der Waals surface area (Å²) in [6.45, 7) is 0. The van der Waals surface area contributed by atoms with Crippen molar-refractivity contribution in [3.8, 4) is 5.75 Å². The fourth-order valence-electron chi connectivity index (χ4n) is 2.88. The van der Waals surface area contributed by atoms with E-state index in [0.717, 1.165) is 6.07 Å². The van der Waals surface area contributed by atoms with Crippen LogP contribution < -0.4 is 10.5 Å². The summed E-state index contributed by atoms with van der Waals surface area (Å²) in [4.78, 5) is 25.1. The third kappa shape index (κ3) is 2.89. The van der Waals surface area contributed by atoms with Gasteiger partial charge in [-0.3, -0.25) is 9.59 Å². The molecule has 1 fully saturated rings. The number of primary amides is 1. The Bertz CT molecular complexity index is 593. The Kier molecular flexibility index (Phi) is 4.65. The highest BCUT2D eigenvalue weighted by atomic mass is 19.1. The van der Waals surface area contributed by atoms with Crippen molar-refractivity contribution >= 4 is 11.8 Å². The highest BCUT2D eigenvalue weighted by Crippen LogP contribution is 2.31. The largest absolute Gasteiger partial charge is 0.496 e. The molecular formula is C15H19FN2O4. The molecule has 0 aliphatic heterocycles. The second-order valence-corrected chi connectivity index (χ2v) is 5.40. The van der Waals surface area contributed by atoms with E-state index in [9.17, 15) is 19.1 Å². The van der Waals surface area contributed by atoms with E-state index in [0.29, 0.717) is 12.8 Å². The number of ether oxygens (including phenoxy) is 1. The van der Waals surface area contributed by atoms with Crippen molar-refractivity contribution in [2.45, 2.75) is 25.0 Å². The first-order valence-electron chi connectivity index (χ1n) is 6.95. The van der Waals surface area contributed by atoms with Gasteiger partial charge in [0.25, 0.3) is 5.91 Å². The maximum atomic E-state index is 13.4. The number of nitrogens with zero attached hydrogens (tertiary/aromatic N) is 1. The zero-order chi connectivity index (χ0) is 16.4. The molecule has 120 valence electrons. The van der Waals surface area contributed by atoms with E-state index in [-0.39, 0.29) is 11.3 Å². The number of benzene rings is 1. The maximum Gasteiger partial charge on any atom is 0.257 e. The van der Waals surface area contributed by atoms with Crippen LogP contribution in [-0.2, 0) is 4.79 Å². The van der Waals surface area contributed by atoms with Crippen LogP contribution in [0.4, 0.5) is 4.39 Å². The standard InChI is InChI=1S/C15H19FN2O4/c1-18(11-5-4-9(13(11)19)14(17)20)15(21)10-7-8(16)3-6-12(10)22-2/h3,6-7,9,11,13,19H,4-5H2,1-2H3,(H2,17,20)/t9-,11-,13+/m1/s1. The number of likely N-dealkylation sites (N-methyl/N-ethyl adjacent to an activating group) is 1. The molecular weight excluding hydrogens is 291 g/mol. The summed E-state index contributed by atoms with van der Waals surface area (Å²) in [5.41, 5.74) is 5.30. The van der Waals surface area contributed by atoms with Gasteiger partial charge in [0.1, 0.15) is 11.6 Å². The van der Waals surface area contributed by atoms with Crippen LogP contribution in [0.2, 0.25) is 0 Å². The van der Waals surface area contributed by atoms with Crippen molar-refractivity contribution < 1.29 is 23.8 Å². The summed E-state index contributed by atoms with van der Waals surface area (Å²) >= 11 is 0. The number of carbonyl (C=O) groups excluding carboxylic acids is 2. The normalized spacial score (nSPS) is 24.1. The van der Waals surface area contributed by atoms with Crippen LogP contribution in [0.3, 0.4) is 0 Å². The van der Waals surface area contributed by atoms with Gasteiger partial charge in [-0.05, 0) is 31.0 Å². The fraction of sp³-hybridized carbons (Fsp3) is 0.467. The minimum absolute atomic E-state index is 0.0692. The number of aliphatic hydroxyl groups excluding tert-OH is 1. The van der Waals surface area contributed by atoms with Gasteiger partial charge in [0.2, 0.25) is 5.91 Å². The lowest BCUT2D eigenvalue weighted by Crippen LogP contribution is -2.45. The Morgan fingerprint density at radius 3 is 2.64 bits per heavy atom. The molecule has 1 aromatic rings. The molecule has 0 unspecified atom stereocenters. The van der Waals surface area contributed by atoms with Crippen LogP contribution in [0.5, 0.6) is 5.75 Å². The third-order valence-electron chi connectivity index (χ3n) is 4.16. The SMILES string of the molecule is COc1ccc(F)cc1C(=O)N(C)[C@@H]1CC[C@@H](C(N)=O)[C@@H]1O. The predicted molar refractivity (Wildman–Crippen MR) is 76.8 cm³/mol. The van der Waals surface area contributed by atoms with Gasteiger partial charge < -0.3 is 20.5 Å².